The fourth-order valence-electron chi connectivity index (χ4n) is 1.94. The molecule has 0 aliphatic heterocycles. The molecule has 18 heavy (non-hydrogen) atoms. The van der Waals surface area contributed by atoms with Gasteiger partial charge in [-0.3, -0.25) is 4.90 Å². The molecule has 0 heterocycles. The highest BCUT2D eigenvalue weighted by Gasteiger charge is 2.29. The molecule has 0 aromatic heterocycles. The number of ether oxygens (including phenoxy) is 2. The van der Waals surface area contributed by atoms with E-state index < -0.39 is 6.10 Å². The van der Waals surface area contributed by atoms with Crippen LogP contribution < -0.4 is 0 Å². The highest BCUT2D eigenvalue weighted by molar-refractivity contribution is 4.87. The van der Waals surface area contributed by atoms with Crippen molar-refractivity contribution in [3.63, 3.8) is 0 Å². The Morgan fingerprint density at radius 2 is 2.17 bits per heavy atom. The molecule has 1 N–H and O–H groups in total. The van der Waals surface area contributed by atoms with Gasteiger partial charge in [-0.25, -0.2) is 0 Å². The minimum absolute atomic E-state index is 0.00173. The first-order valence-corrected chi connectivity index (χ1v) is 6.57. The van der Waals surface area contributed by atoms with Gasteiger partial charge in [-0.1, -0.05) is 0 Å². The number of aliphatic hydroxyl groups is 1. The summed E-state index contributed by atoms with van der Waals surface area (Å²) in [7, 11) is 1.63. The third-order valence-corrected chi connectivity index (χ3v) is 2.99. The van der Waals surface area contributed by atoms with E-state index in [4.69, 9.17) is 14.7 Å². The lowest BCUT2D eigenvalue weighted by atomic mass is 10.3. The highest BCUT2D eigenvalue weighted by Crippen LogP contribution is 2.26. The van der Waals surface area contributed by atoms with Gasteiger partial charge in [0.1, 0.15) is 0 Å². The van der Waals surface area contributed by atoms with Crippen LogP contribution in [0.4, 0.5) is 0 Å². The zero-order chi connectivity index (χ0) is 13.4. The molecule has 5 heteroatoms. The van der Waals surface area contributed by atoms with E-state index in [0.29, 0.717) is 32.2 Å². The third-order valence-electron chi connectivity index (χ3n) is 2.99. The minimum atomic E-state index is -0.497. The Labute approximate surface area is 109 Å². The van der Waals surface area contributed by atoms with Gasteiger partial charge < -0.3 is 14.6 Å². The second-order valence-electron chi connectivity index (χ2n) is 4.89. The van der Waals surface area contributed by atoms with E-state index in [9.17, 15) is 5.11 Å². The predicted octanol–water partition coefficient (Wildman–Crippen LogP) is 0.777. The van der Waals surface area contributed by atoms with Crippen LogP contribution in [-0.4, -0.2) is 61.7 Å². The van der Waals surface area contributed by atoms with Crippen molar-refractivity contribution in [2.45, 2.75) is 44.4 Å². The lowest BCUT2D eigenvalue weighted by Gasteiger charge is -2.24. The fraction of sp³-hybridized carbons (Fsp3) is 0.923. The molecule has 0 amide bonds. The summed E-state index contributed by atoms with van der Waals surface area (Å²) in [5.74, 6) is 0. The molecule has 0 bridgehead atoms. The van der Waals surface area contributed by atoms with Crippen molar-refractivity contribution in [3.8, 4) is 6.07 Å². The standard InChI is InChI=1S/C13H24N2O3/c1-11(9-17-2)18-10-13(16)8-15(7-3-6-14)12-4-5-12/h11-13,16H,3-5,7-10H2,1-2H3. The number of aliphatic hydroxyl groups excluding tert-OH is 1. The van der Waals surface area contributed by atoms with Crippen LogP contribution in [0.3, 0.4) is 0 Å². The fourth-order valence-corrected chi connectivity index (χ4v) is 1.94. The van der Waals surface area contributed by atoms with Gasteiger partial charge in [0.25, 0.3) is 0 Å². The van der Waals surface area contributed by atoms with Crippen LogP contribution in [0.1, 0.15) is 26.2 Å². The van der Waals surface area contributed by atoms with Crippen molar-refractivity contribution >= 4 is 0 Å². The second-order valence-corrected chi connectivity index (χ2v) is 4.89. The number of rotatable bonds is 10. The first-order valence-electron chi connectivity index (χ1n) is 6.57. The first-order chi connectivity index (χ1) is 8.67. The summed E-state index contributed by atoms with van der Waals surface area (Å²) < 4.78 is 10.4. The Hall–Kier alpha value is -0.670. The molecular formula is C13H24N2O3. The molecule has 1 fully saturated rings. The van der Waals surface area contributed by atoms with Crippen LogP contribution in [0, 0.1) is 11.3 Å². The maximum absolute atomic E-state index is 9.92. The molecule has 0 aromatic carbocycles. The number of nitrogens with zero attached hydrogens (tertiary/aromatic N) is 2. The summed E-state index contributed by atoms with van der Waals surface area (Å²) in [6.45, 7) is 4.11. The van der Waals surface area contributed by atoms with Crippen LogP contribution in [0.5, 0.6) is 0 Å². The smallest absolute Gasteiger partial charge is 0.0900 e. The van der Waals surface area contributed by atoms with E-state index in [1.165, 1.54) is 12.8 Å². The third kappa shape index (κ3) is 6.31. The van der Waals surface area contributed by atoms with Crippen LogP contribution in [-0.2, 0) is 9.47 Å². The molecule has 1 aliphatic carbocycles. The van der Waals surface area contributed by atoms with Gasteiger partial charge in [0.15, 0.2) is 0 Å². The van der Waals surface area contributed by atoms with Crippen LogP contribution in [0.2, 0.25) is 0 Å². The minimum Gasteiger partial charge on any atom is -0.389 e. The first kappa shape index (κ1) is 15.4. The topological polar surface area (TPSA) is 65.7 Å². The molecule has 0 radical (unpaired) electrons. The average Bonchev–Trinajstić information content (AvgIpc) is 3.16. The molecule has 1 rings (SSSR count). The second kappa shape index (κ2) is 8.44. The Bertz CT molecular complexity index is 263. The van der Waals surface area contributed by atoms with Crippen molar-refractivity contribution < 1.29 is 14.6 Å². The molecule has 104 valence electrons. The Balaban J connectivity index is 2.19. The summed E-state index contributed by atoms with van der Waals surface area (Å²) >= 11 is 0. The van der Waals surface area contributed by atoms with E-state index in [1.807, 2.05) is 6.92 Å². The van der Waals surface area contributed by atoms with E-state index in [1.54, 1.807) is 7.11 Å². The molecule has 0 saturated heterocycles. The molecule has 1 aliphatic rings. The van der Waals surface area contributed by atoms with Crippen molar-refractivity contribution in [1.29, 1.82) is 5.26 Å². The summed E-state index contributed by atoms with van der Waals surface area (Å²) in [6, 6.07) is 2.71. The molecular weight excluding hydrogens is 232 g/mol. The van der Waals surface area contributed by atoms with Gasteiger partial charge in [0.05, 0.1) is 31.5 Å². The number of hydrogen-bond acceptors (Lipinski definition) is 5. The average molecular weight is 256 g/mol. The van der Waals surface area contributed by atoms with E-state index in [2.05, 4.69) is 11.0 Å². The lowest BCUT2D eigenvalue weighted by Crippen LogP contribution is -2.37. The number of methoxy groups -OCH3 is 1. The molecule has 0 spiro atoms. The molecule has 2 atom stereocenters. The summed E-state index contributed by atoms with van der Waals surface area (Å²) in [5.41, 5.74) is 0. The molecule has 2 unspecified atom stereocenters. The maximum Gasteiger partial charge on any atom is 0.0900 e. The van der Waals surface area contributed by atoms with Crippen molar-refractivity contribution in [2.24, 2.45) is 0 Å². The largest absolute Gasteiger partial charge is 0.389 e. The van der Waals surface area contributed by atoms with Crippen LogP contribution in [0.15, 0.2) is 0 Å². The lowest BCUT2D eigenvalue weighted by molar-refractivity contribution is -0.0401. The molecule has 0 aromatic rings. The van der Waals surface area contributed by atoms with Gasteiger partial charge in [-0.2, -0.15) is 5.26 Å². The van der Waals surface area contributed by atoms with Crippen LogP contribution in [0.25, 0.3) is 0 Å². The predicted molar refractivity (Wildman–Crippen MR) is 68.1 cm³/mol. The van der Waals surface area contributed by atoms with Crippen molar-refractivity contribution in [1.82, 2.24) is 4.90 Å². The summed E-state index contributed by atoms with van der Waals surface area (Å²) in [5, 5.41) is 18.5. The Morgan fingerprint density at radius 3 is 2.72 bits per heavy atom. The Morgan fingerprint density at radius 1 is 1.44 bits per heavy atom. The monoisotopic (exact) mass is 256 g/mol. The van der Waals surface area contributed by atoms with Gasteiger partial charge >= 0.3 is 0 Å². The Kier molecular flexibility index (Phi) is 7.21. The highest BCUT2D eigenvalue weighted by atomic mass is 16.5. The van der Waals surface area contributed by atoms with E-state index in [0.717, 1.165) is 6.54 Å². The van der Waals surface area contributed by atoms with E-state index >= 15 is 0 Å². The molecule has 1 saturated carbocycles. The van der Waals surface area contributed by atoms with Gasteiger partial charge in [0, 0.05) is 32.7 Å². The normalized spacial score (nSPS) is 18.6. The van der Waals surface area contributed by atoms with Gasteiger partial charge in [0.2, 0.25) is 0 Å². The van der Waals surface area contributed by atoms with E-state index in [-0.39, 0.29) is 6.10 Å². The van der Waals surface area contributed by atoms with Crippen molar-refractivity contribution in [3.05, 3.63) is 0 Å². The maximum atomic E-state index is 9.92. The zero-order valence-electron chi connectivity index (χ0n) is 11.3. The summed E-state index contributed by atoms with van der Waals surface area (Å²) in [6.07, 6.45) is 2.38. The number of nitriles is 1. The van der Waals surface area contributed by atoms with Gasteiger partial charge in [-0.15, -0.1) is 0 Å². The van der Waals surface area contributed by atoms with Crippen LogP contribution >= 0.6 is 0 Å². The quantitative estimate of drug-likeness (QED) is 0.625. The van der Waals surface area contributed by atoms with Gasteiger partial charge in [-0.05, 0) is 19.8 Å². The number of hydrogen-bond donors (Lipinski definition) is 1. The summed E-state index contributed by atoms with van der Waals surface area (Å²) in [4.78, 5) is 2.19. The zero-order valence-corrected chi connectivity index (χ0v) is 11.3. The SMILES string of the molecule is COCC(C)OCC(O)CN(CCC#N)C1CC1. The molecule has 5 nitrogen and oxygen atoms in total. The van der Waals surface area contributed by atoms with Crippen molar-refractivity contribution in [2.75, 3.05) is 33.4 Å².